The van der Waals surface area contributed by atoms with Crippen LogP contribution in [-0.4, -0.2) is 13.1 Å². The van der Waals surface area contributed by atoms with E-state index in [1.807, 2.05) is 30.3 Å². The fourth-order valence-electron chi connectivity index (χ4n) is 3.81. The molecule has 3 aromatic carbocycles. The zero-order valence-electron chi connectivity index (χ0n) is 18.7. The van der Waals surface area contributed by atoms with Crippen LogP contribution in [0.1, 0.15) is 42.1 Å². The summed E-state index contributed by atoms with van der Waals surface area (Å²) in [5.41, 5.74) is 5.89. The average molecular weight is 420 g/mol. The lowest BCUT2D eigenvalue weighted by Gasteiger charge is -2.20. The second-order valence-corrected chi connectivity index (χ2v) is 7.63. The Morgan fingerprint density at radius 1 is 0.656 bits per heavy atom. The van der Waals surface area contributed by atoms with E-state index < -0.39 is 0 Å². The highest BCUT2D eigenvalue weighted by Gasteiger charge is 2.07. The van der Waals surface area contributed by atoms with Crippen molar-refractivity contribution >= 4 is 29.5 Å². The quantitative estimate of drug-likeness (QED) is 0.289. The Morgan fingerprint density at radius 2 is 1.22 bits per heavy atom. The highest BCUT2D eigenvalue weighted by molar-refractivity contribution is 5.90. The van der Waals surface area contributed by atoms with Gasteiger partial charge in [-0.3, -0.25) is 0 Å². The summed E-state index contributed by atoms with van der Waals surface area (Å²) in [6.07, 6.45) is 6.23. The van der Waals surface area contributed by atoms with Gasteiger partial charge in [-0.25, -0.2) is 0 Å². The first-order chi connectivity index (χ1) is 15.8. The zero-order chi connectivity index (χ0) is 22.2. The van der Waals surface area contributed by atoms with Gasteiger partial charge in [0, 0.05) is 18.8 Å². The molecule has 0 spiro atoms. The lowest BCUT2D eigenvalue weighted by molar-refractivity contribution is 0.547. The van der Waals surface area contributed by atoms with E-state index in [-0.39, 0.29) is 0 Å². The highest BCUT2D eigenvalue weighted by atomic mass is 16.3. The Kier molecular flexibility index (Phi) is 7.04. The maximum Gasteiger partial charge on any atom is 0.128 e. The van der Waals surface area contributed by atoms with Crippen molar-refractivity contribution in [1.82, 2.24) is 0 Å². The van der Waals surface area contributed by atoms with Gasteiger partial charge in [-0.15, -0.1) is 0 Å². The third-order valence-corrected chi connectivity index (χ3v) is 5.57. The van der Waals surface area contributed by atoms with Crippen LogP contribution in [0, 0.1) is 0 Å². The van der Waals surface area contributed by atoms with Gasteiger partial charge in [0.05, 0.1) is 0 Å². The molecule has 0 radical (unpaired) electrons. The van der Waals surface area contributed by atoms with Gasteiger partial charge in [0.15, 0.2) is 0 Å². The summed E-state index contributed by atoms with van der Waals surface area (Å²) in [5.74, 6) is 1.67. The molecule has 0 atom stereocenters. The van der Waals surface area contributed by atoms with Crippen molar-refractivity contribution in [2.75, 3.05) is 18.0 Å². The number of hydrogen-bond donors (Lipinski definition) is 0. The molecule has 0 aliphatic carbocycles. The standard InChI is InChI=1S/C30H29NO/c1-3-31(4-2)27-18-15-24(16-19-27)17-20-28-21-22-29(32-28)23-30(25-11-7-5-8-12-25)26-13-9-6-10-14-26/h5-23H,3-4H2,1-2H3/b20-17-. The van der Waals surface area contributed by atoms with Crippen molar-refractivity contribution in [2.24, 2.45) is 0 Å². The molecule has 4 aromatic rings. The smallest absolute Gasteiger partial charge is 0.128 e. The zero-order valence-corrected chi connectivity index (χ0v) is 18.7. The highest BCUT2D eigenvalue weighted by Crippen LogP contribution is 2.27. The van der Waals surface area contributed by atoms with Crippen LogP contribution in [0.2, 0.25) is 0 Å². The Hall–Kier alpha value is -3.78. The van der Waals surface area contributed by atoms with E-state index in [4.69, 9.17) is 4.42 Å². The first-order valence-electron chi connectivity index (χ1n) is 11.2. The monoisotopic (exact) mass is 419 g/mol. The Balaban J connectivity index is 1.55. The SMILES string of the molecule is CCN(CC)c1ccc(/C=C\c2ccc(C=C(c3ccccc3)c3ccccc3)o2)cc1. The maximum atomic E-state index is 6.10. The number of benzene rings is 3. The summed E-state index contributed by atoms with van der Waals surface area (Å²) in [4.78, 5) is 2.34. The number of anilines is 1. The van der Waals surface area contributed by atoms with Gasteiger partial charge in [-0.1, -0.05) is 78.9 Å². The fourth-order valence-corrected chi connectivity index (χ4v) is 3.81. The molecule has 0 saturated carbocycles. The molecule has 0 unspecified atom stereocenters. The van der Waals surface area contributed by atoms with Crippen molar-refractivity contribution < 1.29 is 4.42 Å². The number of nitrogens with zero attached hydrogens (tertiary/aromatic N) is 1. The minimum absolute atomic E-state index is 0.837. The Morgan fingerprint density at radius 3 is 1.78 bits per heavy atom. The van der Waals surface area contributed by atoms with E-state index in [0.29, 0.717) is 0 Å². The molecule has 0 saturated heterocycles. The number of hydrogen-bond acceptors (Lipinski definition) is 2. The molecule has 0 aliphatic heterocycles. The van der Waals surface area contributed by atoms with Gasteiger partial charge < -0.3 is 9.32 Å². The van der Waals surface area contributed by atoms with Crippen LogP contribution in [0.4, 0.5) is 5.69 Å². The normalized spacial score (nSPS) is 10.9. The van der Waals surface area contributed by atoms with E-state index in [0.717, 1.165) is 35.7 Å². The summed E-state index contributed by atoms with van der Waals surface area (Å²) in [5, 5.41) is 0. The number of rotatable bonds is 8. The van der Waals surface area contributed by atoms with Gasteiger partial charge in [0.25, 0.3) is 0 Å². The van der Waals surface area contributed by atoms with Crippen LogP contribution >= 0.6 is 0 Å². The molecule has 0 bridgehead atoms. The molecule has 2 nitrogen and oxygen atoms in total. The fraction of sp³-hybridized carbons (Fsp3) is 0.133. The first-order valence-corrected chi connectivity index (χ1v) is 11.2. The summed E-state index contributed by atoms with van der Waals surface area (Å²) < 4.78 is 6.10. The lowest BCUT2D eigenvalue weighted by atomic mass is 9.97. The summed E-state index contributed by atoms with van der Waals surface area (Å²) in [6.45, 7) is 6.40. The molecule has 160 valence electrons. The van der Waals surface area contributed by atoms with E-state index in [2.05, 4.69) is 104 Å². The molecule has 0 fully saturated rings. The second-order valence-electron chi connectivity index (χ2n) is 7.63. The minimum Gasteiger partial charge on any atom is -0.457 e. The van der Waals surface area contributed by atoms with Crippen molar-refractivity contribution in [3.8, 4) is 0 Å². The Labute approximate surface area is 191 Å². The molecular weight excluding hydrogens is 390 g/mol. The van der Waals surface area contributed by atoms with Crippen LogP contribution < -0.4 is 4.90 Å². The minimum atomic E-state index is 0.837. The maximum absolute atomic E-state index is 6.10. The molecule has 1 heterocycles. The molecular formula is C30H29NO. The Bertz CT molecular complexity index is 1120. The van der Waals surface area contributed by atoms with E-state index >= 15 is 0 Å². The van der Waals surface area contributed by atoms with Gasteiger partial charge in [0.1, 0.15) is 11.5 Å². The molecule has 2 heteroatoms. The molecule has 1 aromatic heterocycles. The third kappa shape index (κ3) is 5.28. The van der Waals surface area contributed by atoms with Crippen molar-refractivity contribution in [3.63, 3.8) is 0 Å². The van der Waals surface area contributed by atoms with Gasteiger partial charge >= 0.3 is 0 Å². The second kappa shape index (κ2) is 10.5. The summed E-state index contributed by atoms with van der Waals surface area (Å²) >= 11 is 0. The van der Waals surface area contributed by atoms with Gasteiger partial charge in [0.2, 0.25) is 0 Å². The van der Waals surface area contributed by atoms with Gasteiger partial charge in [-0.2, -0.15) is 0 Å². The van der Waals surface area contributed by atoms with Crippen LogP contribution in [-0.2, 0) is 0 Å². The summed E-state index contributed by atoms with van der Waals surface area (Å²) in [7, 11) is 0. The first kappa shape index (κ1) is 21.5. The van der Waals surface area contributed by atoms with Gasteiger partial charge in [-0.05, 0) is 72.5 Å². The third-order valence-electron chi connectivity index (χ3n) is 5.57. The van der Waals surface area contributed by atoms with E-state index in [1.54, 1.807) is 0 Å². The van der Waals surface area contributed by atoms with Crippen molar-refractivity contribution in [3.05, 3.63) is 125 Å². The summed E-state index contributed by atoms with van der Waals surface area (Å²) in [6, 6.07) is 33.5. The average Bonchev–Trinajstić information content (AvgIpc) is 3.31. The molecule has 32 heavy (non-hydrogen) atoms. The predicted molar refractivity (Wildman–Crippen MR) is 137 cm³/mol. The molecule has 4 rings (SSSR count). The molecule has 0 amide bonds. The number of furan rings is 1. The predicted octanol–water partition coefficient (Wildman–Crippen LogP) is 7.89. The van der Waals surface area contributed by atoms with Crippen LogP contribution in [0.25, 0.3) is 23.8 Å². The van der Waals surface area contributed by atoms with E-state index in [9.17, 15) is 0 Å². The van der Waals surface area contributed by atoms with Crippen molar-refractivity contribution in [2.45, 2.75) is 13.8 Å². The topological polar surface area (TPSA) is 16.4 Å². The van der Waals surface area contributed by atoms with Crippen LogP contribution in [0.15, 0.2) is 101 Å². The van der Waals surface area contributed by atoms with Crippen molar-refractivity contribution in [1.29, 1.82) is 0 Å². The largest absolute Gasteiger partial charge is 0.457 e. The van der Waals surface area contributed by atoms with E-state index in [1.165, 1.54) is 16.8 Å². The molecule has 0 aliphatic rings. The molecule has 0 N–H and O–H groups in total. The van der Waals surface area contributed by atoms with Crippen LogP contribution in [0.5, 0.6) is 0 Å². The van der Waals surface area contributed by atoms with Crippen LogP contribution in [0.3, 0.4) is 0 Å². The lowest BCUT2D eigenvalue weighted by Crippen LogP contribution is -2.21.